The second kappa shape index (κ2) is 5.19. The summed E-state index contributed by atoms with van der Waals surface area (Å²) in [6.07, 6.45) is 3.32. The number of methoxy groups -OCH3 is 1. The summed E-state index contributed by atoms with van der Waals surface area (Å²) in [6, 6.07) is 6.45. The highest BCUT2D eigenvalue weighted by atomic mass is 16.5. The number of rotatable bonds is 3. The first-order valence-electron chi connectivity index (χ1n) is 5.90. The molecule has 92 valence electrons. The monoisotopic (exact) mass is 234 g/mol. The second-order valence-electron chi connectivity index (χ2n) is 4.40. The number of alkyl carbamates (subject to hydrolysis) is 1. The number of hydrogen-bond acceptors (Lipinski definition) is 3. The zero-order chi connectivity index (χ0) is 12.3. The van der Waals surface area contributed by atoms with E-state index in [0.29, 0.717) is 6.42 Å². The number of nitrogens with two attached hydrogens (primary N) is 1. The molecule has 0 fully saturated rings. The van der Waals surface area contributed by atoms with Gasteiger partial charge in [-0.1, -0.05) is 18.2 Å². The molecule has 2 rings (SSSR count). The van der Waals surface area contributed by atoms with Crippen molar-refractivity contribution in [1.29, 1.82) is 0 Å². The summed E-state index contributed by atoms with van der Waals surface area (Å²) in [6.45, 7) is 0. The molecule has 1 aromatic carbocycles. The van der Waals surface area contributed by atoms with Crippen LogP contribution in [0.3, 0.4) is 0 Å². The Morgan fingerprint density at radius 1 is 1.47 bits per heavy atom. The van der Waals surface area contributed by atoms with Crippen LogP contribution in [0.1, 0.15) is 23.1 Å². The van der Waals surface area contributed by atoms with Gasteiger partial charge in [0, 0.05) is 6.42 Å². The lowest BCUT2D eigenvalue weighted by Crippen LogP contribution is -2.42. The molecule has 1 aliphatic rings. The van der Waals surface area contributed by atoms with Crippen LogP contribution in [0.25, 0.3) is 0 Å². The lowest BCUT2D eigenvalue weighted by atomic mass is 10.0. The summed E-state index contributed by atoms with van der Waals surface area (Å²) in [5.74, 6) is 0. The third-order valence-corrected chi connectivity index (χ3v) is 3.11. The molecular weight excluding hydrogens is 216 g/mol. The van der Waals surface area contributed by atoms with Crippen molar-refractivity contribution in [2.75, 3.05) is 7.11 Å². The van der Waals surface area contributed by atoms with Gasteiger partial charge >= 0.3 is 6.09 Å². The van der Waals surface area contributed by atoms with Gasteiger partial charge in [-0.2, -0.15) is 0 Å². The van der Waals surface area contributed by atoms with E-state index in [1.165, 1.54) is 31.1 Å². The summed E-state index contributed by atoms with van der Waals surface area (Å²) in [4.78, 5) is 11.0. The lowest BCUT2D eigenvalue weighted by Gasteiger charge is -2.13. The van der Waals surface area contributed by atoms with Gasteiger partial charge in [0.2, 0.25) is 0 Å². The van der Waals surface area contributed by atoms with Crippen molar-refractivity contribution in [1.82, 2.24) is 5.32 Å². The number of amides is 1. The Morgan fingerprint density at radius 3 is 3.00 bits per heavy atom. The molecule has 17 heavy (non-hydrogen) atoms. The van der Waals surface area contributed by atoms with Crippen molar-refractivity contribution in [2.45, 2.75) is 31.8 Å². The van der Waals surface area contributed by atoms with Crippen molar-refractivity contribution in [2.24, 2.45) is 5.73 Å². The van der Waals surface area contributed by atoms with Crippen LogP contribution in [0.2, 0.25) is 0 Å². The van der Waals surface area contributed by atoms with Crippen LogP contribution >= 0.6 is 0 Å². The fourth-order valence-electron chi connectivity index (χ4n) is 2.27. The molecule has 1 atom stereocenters. The lowest BCUT2D eigenvalue weighted by molar-refractivity contribution is 0.167. The van der Waals surface area contributed by atoms with Gasteiger partial charge < -0.3 is 15.8 Å². The van der Waals surface area contributed by atoms with Gasteiger partial charge in [0.1, 0.15) is 0 Å². The highest BCUT2D eigenvalue weighted by Gasteiger charge is 2.13. The van der Waals surface area contributed by atoms with Gasteiger partial charge in [0.05, 0.1) is 13.3 Å². The van der Waals surface area contributed by atoms with Gasteiger partial charge in [-0.25, -0.2) is 4.79 Å². The van der Waals surface area contributed by atoms with Crippen LogP contribution in [0.15, 0.2) is 18.2 Å². The smallest absolute Gasteiger partial charge is 0.408 e. The maximum atomic E-state index is 11.0. The summed E-state index contributed by atoms with van der Waals surface area (Å²) >= 11 is 0. The predicted molar refractivity (Wildman–Crippen MR) is 65.7 cm³/mol. The zero-order valence-corrected chi connectivity index (χ0v) is 10.0. The summed E-state index contributed by atoms with van der Waals surface area (Å²) in [5, 5.41) is 2.56. The molecule has 0 saturated carbocycles. The minimum absolute atomic E-state index is 0.401. The Labute approximate surface area is 101 Å². The minimum Gasteiger partial charge on any atom is -0.453 e. The van der Waals surface area contributed by atoms with E-state index in [0.717, 1.165) is 12.0 Å². The maximum absolute atomic E-state index is 11.0. The standard InChI is InChI=1S/C13H18N2O2/c1-17-13(16)15-12(14)8-9-5-6-10-3-2-4-11(10)7-9/h5-7,12H,2-4,8,14H2,1H3,(H,15,16). The molecule has 4 nitrogen and oxygen atoms in total. The Hall–Kier alpha value is -1.55. The Morgan fingerprint density at radius 2 is 2.24 bits per heavy atom. The Bertz CT molecular complexity index is 418. The average Bonchev–Trinajstić information content (AvgIpc) is 2.75. The molecule has 4 heteroatoms. The summed E-state index contributed by atoms with van der Waals surface area (Å²) in [7, 11) is 1.33. The number of carbonyl (C=O) groups excluding carboxylic acids is 1. The Kier molecular flexibility index (Phi) is 3.64. The van der Waals surface area contributed by atoms with Gasteiger partial charge in [-0.3, -0.25) is 0 Å². The largest absolute Gasteiger partial charge is 0.453 e. The van der Waals surface area contributed by atoms with E-state index in [1.54, 1.807) is 0 Å². The van der Waals surface area contributed by atoms with E-state index in [-0.39, 0.29) is 0 Å². The maximum Gasteiger partial charge on any atom is 0.408 e. The molecule has 0 aromatic heterocycles. The van der Waals surface area contributed by atoms with Crippen LogP contribution in [0.5, 0.6) is 0 Å². The number of fused-ring (bicyclic) bond motifs is 1. The molecular formula is C13H18N2O2. The second-order valence-corrected chi connectivity index (χ2v) is 4.40. The molecule has 0 aliphatic heterocycles. The molecule has 0 heterocycles. The van der Waals surface area contributed by atoms with Crippen molar-refractivity contribution in [3.63, 3.8) is 0 Å². The topological polar surface area (TPSA) is 64.3 Å². The molecule has 0 radical (unpaired) electrons. The van der Waals surface area contributed by atoms with Crippen molar-refractivity contribution in [3.8, 4) is 0 Å². The van der Waals surface area contributed by atoms with Gasteiger partial charge in [-0.15, -0.1) is 0 Å². The number of aryl methyl sites for hydroxylation is 2. The SMILES string of the molecule is COC(=O)NC(N)Cc1ccc2c(c1)CCC2. The van der Waals surface area contributed by atoms with Crippen LogP contribution < -0.4 is 11.1 Å². The molecule has 0 saturated heterocycles. The highest BCUT2D eigenvalue weighted by Crippen LogP contribution is 2.23. The zero-order valence-electron chi connectivity index (χ0n) is 10.0. The molecule has 1 aliphatic carbocycles. The molecule has 1 amide bonds. The fourth-order valence-corrected chi connectivity index (χ4v) is 2.27. The summed E-state index contributed by atoms with van der Waals surface area (Å²) < 4.78 is 4.50. The third kappa shape index (κ3) is 2.97. The first kappa shape index (κ1) is 11.9. The van der Waals surface area contributed by atoms with Crippen molar-refractivity contribution < 1.29 is 9.53 Å². The van der Waals surface area contributed by atoms with Crippen molar-refractivity contribution in [3.05, 3.63) is 34.9 Å². The predicted octanol–water partition coefficient (Wildman–Crippen LogP) is 1.36. The molecule has 3 N–H and O–H groups in total. The highest BCUT2D eigenvalue weighted by molar-refractivity contribution is 5.67. The number of carbonyl (C=O) groups is 1. The molecule has 0 bridgehead atoms. The number of ether oxygens (including phenoxy) is 1. The Balaban J connectivity index is 1.97. The van der Waals surface area contributed by atoms with Gasteiger partial charge in [0.25, 0.3) is 0 Å². The number of benzene rings is 1. The van der Waals surface area contributed by atoms with E-state index in [2.05, 4.69) is 28.3 Å². The van der Waals surface area contributed by atoms with E-state index in [4.69, 9.17) is 5.73 Å². The van der Waals surface area contributed by atoms with Gasteiger partial charge in [0.15, 0.2) is 0 Å². The first-order valence-corrected chi connectivity index (χ1v) is 5.90. The van der Waals surface area contributed by atoms with Crippen LogP contribution in [-0.4, -0.2) is 19.4 Å². The normalized spacial score (nSPS) is 15.2. The van der Waals surface area contributed by atoms with Crippen LogP contribution in [-0.2, 0) is 24.0 Å². The van der Waals surface area contributed by atoms with Crippen LogP contribution in [0.4, 0.5) is 4.79 Å². The van der Waals surface area contributed by atoms with Crippen LogP contribution in [0, 0.1) is 0 Å². The third-order valence-electron chi connectivity index (χ3n) is 3.11. The van der Waals surface area contributed by atoms with E-state index >= 15 is 0 Å². The van der Waals surface area contributed by atoms with E-state index < -0.39 is 12.3 Å². The van der Waals surface area contributed by atoms with Crippen molar-refractivity contribution >= 4 is 6.09 Å². The molecule has 0 spiro atoms. The van der Waals surface area contributed by atoms with Gasteiger partial charge in [-0.05, 0) is 36.0 Å². The number of nitrogens with one attached hydrogen (secondary N) is 1. The quantitative estimate of drug-likeness (QED) is 0.776. The van der Waals surface area contributed by atoms with E-state index in [9.17, 15) is 4.79 Å². The van der Waals surface area contributed by atoms with E-state index in [1.807, 2.05) is 0 Å². The minimum atomic E-state index is -0.487. The average molecular weight is 234 g/mol. The first-order chi connectivity index (χ1) is 8.19. The number of hydrogen-bond donors (Lipinski definition) is 2. The fraction of sp³-hybridized carbons (Fsp3) is 0.462. The molecule has 1 unspecified atom stereocenters. The molecule has 1 aromatic rings. The summed E-state index contributed by atoms with van der Waals surface area (Å²) in [5.41, 5.74) is 9.85.